The minimum Gasteiger partial charge on any atom is -0.365 e. The largest absolute Gasteiger partial charge is 0.365 e. The molecule has 0 fully saturated rings. The van der Waals surface area contributed by atoms with Crippen LogP contribution < -0.4 is 27.4 Å². The fourth-order valence-corrected chi connectivity index (χ4v) is 2.73. The van der Waals surface area contributed by atoms with Gasteiger partial charge in [0.25, 0.3) is 11.8 Å². The third-order valence-electron chi connectivity index (χ3n) is 4.13. The van der Waals surface area contributed by atoms with Crippen LogP contribution in [-0.2, 0) is 0 Å². The molecule has 0 bridgehead atoms. The highest BCUT2D eigenvalue weighted by molar-refractivity contribution is 6.30. The Bertz CT molecular complexity index is 1090. The molecular formula is C21H22ClN7O2. The van der Waals surface area contributed by atoms with Crippen LogP contribution in [0.5, 0.6) is 0 Å². The molecule has 2 aromatic carbocycles. The van der Waals surface area contributed by atoms with Gasteiger partial charge in [-0.2, -0.15) is 4.98 Å². The van der Waals surface area contributed by atoms with Crippen molar-refractivity contribution in [3.63, 3.8) is 0 Å². The van der Waals surface area contributed by atoms with Gasteiger partial charge in [-0.25, -0.2) is 4.98 Å². The highest BCUT2D eigenvalue weighted by Gasteiger charge is 2.14. The van der Waals surface area contributed by atoms with Gasteiger partial charge in [0.2, 0.25) is 5.95 Å². The second kappa shape index (κ2) is 9.88. The van der Waals surface area contributed by atoms with E-state index in [1.54, 1.807) is 48.5 Å². The van der Waals surface area contributed by atoms with Crippen molar-refractivity contribution >= 4 is 46.6 Å². The van der Waals surface area contributed by atoms with Gasteiger partial charge in [0, 0.05) is 40.7 Å². The molecule has 1 atom stereocenters. The molecule has 0 spiro atoms. The number of hydrogen-bond donors (Lipinski definition) is 5. The summed E-state index contributed by atoms with van der Waals surface area (Å²) in [4.78, 5) is 32.8. The number of aromatic nitrogens is 2. The van der Waals surface area contributed by atoms with E-state index in [2.05, 4.69) is 25.9 Å². The monoisotopic (exact) mass is 439 g/mol. The van der Waals surface area contributed by atoms with Crippen molar-refractivity contribution in [3.8, 4) is 0 Å². The molecule has 31 heavy (non-hydrogen) atoms. The standard InChI is InChI=1S/C21H22ClN7O2/c1-12(23)10-25-21-26-11-17(18(24)30)19(29-21)27-16-4-2-3-13(9-16)20(31)28-15-7-5-14(22)6-8-15/h2-9,11-12H,10,23H2,1H3,(H2,24,30)(H,28,31)(H2,25,26,27,29). The van der Waals surface area contributed by atoms with Crippen LogP contribution in [-0.4, -0.2) is 34.4 Å². The molecule has 0 saturated heterocycles. The van der Waals surface area contributed by atoms with Crippen molar-refractivity contribution in [2.24, 2.45) is 11.5 Å². The summed E-state index contributed by atoms with van der Waals surface area (Å²) in [5.74, 6) is -0.479. The highest BCUT2D eigenvalue weighted by Crippen LogP contribution is 2.21. The zero-order valence-corrected chi connectivity index (χ0v) is 17.5. The van der Waals surface area contributed by atoms with E-state index in [1.807, 2.05) is 6.92 Å². The van der Waals surface area contributed by atoms with Gasteiger partial charge in [-0.3, -0.25) is 9.59 Å². The minimum absolute atomic E-state index is 0.105. The predicted octanol–water partition coefficient (Wildman–Crippen LogP) is 2.98. The van der Waals surface area contributed by atoms with Crippen LogP contribution in [0.15, 0.2) is 54.7 Å². The van der Waals surface area contributed by atoms with Crippen LogP contribution in [0.4, 0.5) is 23.1 Å². The van der Waals surface area contributed by atoms with E-state index in [0.29, 0.717) is 34.5 Å². The van der Waals surface area contributed by atoms with Crippen LogP contribution in [0.2, 0.25) is 5.02 Å². The maximum absolute atomic E-state index is 12.6. The number of benzene rings is 2. The SMILES string of the molecule is CC(N)CNc1ncc(C(N)=O)c(Nc2cccc(C(=O)Nc3ccc(Cl)cc3)c2)n1. The topological polar surface area (TPSA) is 148 Å². The number of amides is 2. The molecular weight excluding hydrogens is 418 g/mol. The van der Waals surface area contributed by atoms with Crippen LogP contribution in [0, 0.1) is 0 Å². The number of anilines is 4. The quantitative estimate of drug-likeness (QED) is 0.362. The molecule has 9 nitrogen and oxygen atoms in total. The van der Waals surface area contributed by atoms with Crippen LogP contribution in [0.3, 0.4) is 0 Å². The van der Waals surface area contributed by atoms with Gasteiger partial charge < -0.3 is 27.4 Å². The van der Waals surface area contributed by atoms with Gasteiger partial charge in [0.1, 0.15) is 11.4 Å². The number of nitrogens with one attached hydrogen (secondary N) is 3. The average Bonchev–Trinajstić information content (AvgIpc) is 2.74. The number of hydrogen-bond acceptors (Lipinski definition) is 7. The summed E-state index contributed by atoms with van der Waals surface area (Å²) < 4.78 is 0. The van der Waals surface area contributed by atoms with Crippen molar-refractivity contribution in [1.29, 1.82) is 0 Å². The molecule has 0 saturated carbocycles. The first-order valence-corrected chi connectivity index (χ1v) is 9.80. The summed E-state index contributed by atoms with van der Waals surface area (Å²) in [7, 11) is 0. The van der Waals surface area contributed by atoms with E-state index in [4.69, 9.17) is 23.1 Å². The highest BCUT2D eigenvalue weighted by atomic mass is 35.5. The predicted molar refractivity (Wildman–Crippen MR) is 122 cm³/mol. The molecule has 0 aliphatic heterocycles. The van der Waals surface area contributed by atoms with Gasteiger partial charge >= 0.3 is 0 Å². The van der Waals surface area contributed by atoms with Gasteiger partial charge in [0.15, 0.2) is 0 Å². The van der Waals surface area contributed by atoms with E-state index in [9.17, 15) is 9.59 Å². The summed E-state index contributed by atoms with van der Waals surface area (Å²) >= 11 is 5.87. The Balaban J connectivity index is 1.80. The Morgan fingerprint density at radius 1 is 1.13 bits per heavy atom. The molecule has 1 aromatic heterocycles. The maximum atomic E-state index is 12.6. The molecule has 2 amide bonds. The van der Waals surface area contributed by atoms with Crippen LogP contribution >= 0.6 is 11.6 Å². The summed E-state index contributed by atoms with van der Waals surface area (Å²) in [5, 5.41) is 9.39. The fourth-order valence-electron chi connectivity index (χ4n) is 2.61. The lowest BCUT2D eigenvalue weighted by Crippen LogP contribution is -2.26. The number of carbonyl (C=O) groups is 2. The second-order valence-electron chi connectivity index (χ2n) is 6.85. The summed E-state index contributed by atoms with van der Waals surface area (Å²) in [5.41, 5.74) is 12.9. The summed E-state index contributed by atoms with van der Waals surface area (Å²) in [6, 6.07) is 13.4. The normalized spacial score (nSPS) is 11.5. The second-order valence-corrected chi connectivity index (χ2v) is 7.28. The third-order valence-corrected chi connectivity index (χ3v) is 4.38. The lowest BCUT2D eigenvalue weighted by Gasteiger charge is -2.13. The van der Waals surface area contributed by atoms with E-state index in [0.717, 1.165) is 0 Å². The Morgan fingerprint density at radius 3 is 2.55 bits per heavy atom. The van der Waals surface area contributed by atoms with Crippen LogP contribution in [0.1, 0.15) is 27.6 Å². The molecule has 1 heterocycles. The molecule has 3 rings (SSSR count). The zero-order valence-electron chi connectivity index (χ0n) is 16.7. The molecule has 0 aliphatic carbocycles. The molecule has 160 valence electrons. The number of carbonyl (C=O) groups excluding carboxylic acids is 2. The molecule has 1 unspecified atom stereocenters. The van der Waals surface area contributed by atoms with E-state index in [-0.39, 0.29) is 23.3 Å². The van der Waals surface area contributed by atoms with Crippen molar-refractivity contribution in [2.45, 2.75) is 13.0 Å². The summed E-state index contributed by atoms with van der Waals surface area (Å²) in [6.07, 6.45) is 1.33. The Morgan fingerprint density at radius 2 is 1.87 bits per heavy atom. The van der Waals surface area contributed by atoms with Crippen molar-refractivity contribution in [2.75, 3.05) is 22.5 Å². The van der Waals surface area contributed by atoms with Gasteiger partial charge in [-0.1, -0.05) is 17.7 Å². The summed E-state index contributed by atoms with van der Waals surface area (Å²) in [6.45, 7) is 2.29. The van der Waals surface area contributed by atoms with Gasteiger partial charge in [0.05, 0.1) is 0 Å². The van der Waals surface area contributed by atoms with Crippen LogP contribution in [0.25, 0.3) is 0 Å². The Hall–Kier alpha value is -3.69. The number of rotatable bonds is 8. The molecule has 0 radical (unpaired) electrons. The first-order valence-electron chi connectivity index (χ1n) is 9.42. The lowest BCUT2D eigenvalue weighted by molar-refractivity contribution is 0.0997. The van der Waals surface area contributed by atoms with Gasteiger partial charge in [-0.15, -0.1) is 0 Å². The first-order chi connectivity index (χ1) is 14.8. The molecule has 7 N–H and O–H groups in total. The van der Waals surface area contributed by atoms with E-state index >= 15 is 0 Å². The fraction of sp³-hybridized carbons (Fsp3) is 0.143. The molecule has 0 aliphatic rings. The van der Waals surface area contributed by atoms with Crippen molar-refractivity contribution in [1.82, 2.24) is 9.97 Å². The van der Waals surface area contributed by atoms with Crippen molar-refractivity contribution < 1.29 is 9.59 Å². The average molecular weight is 440 g/mol. The number of nitrogens with zero attached hydrogens (tertiary/aromatic N) is 2. The Labute approximate surface area is 184 Å². The molecule has 3 aromatic rings. The molecule has 10 heteroatoms. The van der Waals surface area contributed by atoms with E-state index in [1.165, 1.54) is 6.20 Å². The smallest absolute Gasteiger partial charge is 0.255 e. The Kier molecular flexibility index (Phi) is 7.01. The third kappa shape index (κ3) is 6.14. The lowest BCUT2D eigenvalue weighted by atomic mass is 10.1. The van der Waals surface area contributed by atoms with Gasteiger partial charge in [-0.05, 0) is 49.4 Å². The first kappa shape index (κ1) is 22.0. The number of halogens is 1. The maximum Gasteiger partial charge on any atom is 0.255 e. The minimum atomic E-state index is -0.683. The number of primary amides is 1. The zero-order chi connectivity index (χ0) is 22.4. The number of nitrogens with two attached hydrogens (primary N) is 2. The van der Waals surface area contributed by atoms with E-state index < -0.39 is 5.91 Å². The van der Waals surface area contributed by atoms with Crippen molar-refractivity contribution in [3.05, 3.63) is 70.9 Å².